The summed E-state index contributed by atoms with van der Waals surface area (Å²) < 4.78 is 8.07. The molecule has 0 aromatic heterocycles. The monoisotopic (exact) mass is 288 g/mol. The van der Waals surface area contributed by atoms with E-state index >= 15 is 0 Å². The minimum Gasteiger partial charge on any atom is -0.396 e. The Morgan fingerprint density at radius 2 is 2.00 bits per heavy atom. The lowest BCUT2D eigenvalue weighted by molar-refractivity contribution is -0.158. The molecular weight excluding hydrogens is 262 g/mol. The highest BCUT2D eigenvalue weighted by molar-refractivity contribution is 5.05. The van der Waals surface area contributed by atoms with Crippen molar-refractivity contribution in [1.82, 2.24) is 4.90 Å². The Bertz CT molecular complexity index is 365. The zero-order valence-electron chi connectivity index (χ0n) is 12.6. The number of aliphatic hydroxyl groups is 5. The van der Waals surface area contributed by atoms with Crippen LogP contribution in [0, 0.1) is 0 Å². The van der Waals surface area contributed by atoms with Gasteiger partial charge >= 0.3 is 0 Å². The Balaban J connectivity index is 2.93. The Kier molecular flexibility index (Phi) is 6.65. The molecule has 0 bridgehead atoms. The minimum absolute atomic E-state index is 0.0202. The largest absolute Gasteiger partial charge is 0.396 e. The third-order valence-electron chi connectivity index (χ3n) is 3.39. The molecule has 1 saturated heterocycles. The summed E-state index contributed by atoms with van der Waals surface area (Å²) in [7, 11) is 0. The van der Waals surface area contributed by atoms with E-state index < -0.39 is 37.0 Å². The molecule has 5 N–H and O–H groups in total. The lowest BCUT2D eigenvalue weighted by Gasteiger charge is -2.45. The van der Waals surface area contributed by atoms with Crippen molar-refractivity contribution in [3.63, 3.8) is 0 Å². The maximum absolute atomic E-state index is 10.1. The number of β-amino-alcohol motifs (C(OH)–C–C–N with tert-alkyl or cyclic N) is 1. The van der Waals surface area contributed by atoms with E-state index in [9.17, 15) is 20.4 Å². The minimum atomic E-state index is -1.39. The molecule has 0 aromatic carbocycles. The third kappa shape index (κ3) is 4.37. The van der Waals surface area contributed by atoms with Crippen LogP contribution in [0.3, 0.4) is 0 Å². The van der Waals surface area contributed by atoms with E-state index in [0.29, 0.717) is 0 Å². The fourth-order valence-corrected chi connectivity index (χ4v) is 2.32. The maximum Gasteiger partial charge on any atom is 0.109 e. The molecule has 1 heterocycles. The zero-order valence-corrected chi connectivity index (χ0v) is 11.6. The predicted octanol–water partition coefficient (Wildman–Crippen LogP) is -1.37. The van der Waals surface area contributed by atoms with Crippen LogP contribution in [0.15, 0.2) is 24.3 Å². The van der Waals surface area contributed by atoms with Gasteiger partial charge < -0.3 is 25.5 Å². The molecule has 0 radical (unpaired) electrons. The Labute approximate surface area is 120 Å². The van der Waals surface area contributed by atoms with Crippen LogP contribution in [0.2, 0.25) is 0 Å². The molecule has 6 heteroatoms. The summed E-state index contributed by atoms with van der Waals surface area (Å²) in [6.45, 7) is 0.631. The van der Waals surface area contributed by atoms with Crippen LogP contribution < -0.4 is 0 Å². The molecule has 0 amide bonds. The van der Waals surface area contributed by atoms with Crippen LogP contribution in [-0.2, 0) is 0 Å². The molecule has 0 saturated carbocycles. The first-order valence-electron chi connectivity index (χ1n) is 7.32. The summed E-state index contributed by atoms with van der Waals surface area (Å²) in [5.74, 6) is 0. The molecule has 116 valence electrons. The van der Waals surface area contributed by atoms with Gasteiger partial charge in [-0.3, -0.25) is 4.90 Å². The van der Waals surface area contributed by atoms with Crippen molar-refractivity contribution in [1.29, 1.82) is 0 Å². The van der Waals surface area contributed by atoms with Crippen LogP contribution in [-0.4, -0.2) is 80.6 Å². The Hall–Kier alpha value is -0.760. The number of aliphatic hydroxyl groups excluding tert-OH is 5. The quantitative estimate of drug-likeness (QED) is 0.386. The second-order valence-electron chi connectivity index (χ2n) is 4.88. The number of hydrogen-bond acceptors (Lipinski definition) is 6. The van der Waals surface area contributed by atoms with Crippen LogP contribution in [0.5, 0.6) is 0 Å². The summed E-state index contributed by atoms with van der Waals surface area (Å²) in [6.07, 6.45) is 1.70. The molecule has 20 heavy (non-hydrogen) atoms. The molecule has 1 unspecified atom stereocenters. The van der Waals surface area contributed by atoms with Gasteiger partial charge in [0.1, 0.15) is 12.2 Å². The summed E-state index contributed by atoms with van der Waals surface area (Å²) in [5, 5.41) is 48.6. The number of hydrogen-bond donors (Lipinski definition) is 5. The SMILES string of the molecule is [2H]C(C=CC=CC)N1C[C@H](O)[C@H](O)[C@H](O)[C@@H]1[C@H](O)CCO. The smallest absolute Gasteiger partial charge is 0.109 e. The van der Waals surface area contributed by atoms with E-state index in [2.05, 4.69) is 0 Å². The van der Waals surface area contributed by atoms with Crippen molar-refractivity contribution in [2.24, 2.45) is 0 Å². The van der Waals surface area contributed by atoms with Crippen LogP contribution in [0.25, 0.3) is 0 Å². The second kappa shape index (κ2) is 8.51. The lowest BCUT2D eigenvalue weighted by atomic mass is 9.89. The molecule has 1 aliphatic rings. The first-order chi connectivity index (χ1) is 9.93. The van der Waals surface area contributed by atoms with Gasteiger partial charge in [0.05, 0.1) is 18.2 Å². The Morgan fingerprint density at radius 1 is 1.30 bits per heavy atom. The molecule has 0 aliphatic carbocycles. The number of piperidine rings is 1. The van der Waals surface area contributed by atoms with Crippen molar-refractivity contribution in [3.05, 3.63) is 24.3 Å². The van der Waals surface area contributed by atoms with Gasteiger partial charge in [0.25, 0.3) is 0 Å². The van der Waals surface area contributed by atoms with E-state index in [-0.39, 0.29) is 19.6 Å². The molecule has 1 aliphatic heterocycles. The number of nitrogens with zero attached hydrogens (tertiary/aromatic N) is 1. The molecule has 1 rings (SSSR count). The highest BCUT2D eigenvalue weighted by Gasteiger charge is 2.43. The maximum atomic E-state index is 10.1. The number of rotatable bonds is 6. The van der Waals surface area contributed by atoms with Crippen molar-refractivity contribution < 1.29 is 26.9 Å². The first kappa shape index (κ1) is 15.6. The van der Waals surface area contributed by atoms with E-state index in [1.54, 1.807) is 24.3 Å². The van der Waals surface area contributed by atoms with Gasteiger partial charge in [-0.05, 0) is 13.3 Å². The van der Waals surface area contributed by atoms with E-state index in [1.165, 1.54) is 4.90 Å². The lowest BCUT2D eigenvalue weighted by Crippen LogP contribution is -2.64. The number of allylic oxidation sites excluding steroid dienone is 3. The molecule has 6 atom stereocenters. The van der Waals surface area contributed by atoms with Gasteiger partial charge in [-0.1, -0.05) is 24.3 Å². The second-order valence-corrected chi connectivity index (χ2v) is 4.88. The summed E-state index contributed by atoms with van der Waals surface area (Å²) in [5.41, 5.74) is 0. The summed E-state index contributed by atoms with van der Waals surface area (Å²) >= 11 is 0. The first-order valence-corrected chi connectivity index (χ1v) is 6.74. The van der Waals surface area contributed by atoms with Crippen molar-refractivity contribution >= 4 is 0 Å². The molecule has 0 aromatic rings. The van der Waals surface area contributed by atoms with Crippen LogP contribution in [0.1, 0.15) is 14.7 Å². The topological polar surface area (TPSA) is 104 Å². The summed E-state index contributed by atoms with van der Waals surface area (Å²) in [6, 6.07) is -0.923. The fourth-order valence-electron chi connectivity index (χ4n) is 2.32. The van der Waals surface area contributed by atoms with Crippen molar-refractivity contribution in [3.8, 4) is 0 Å². The van der Waals surface area contributed by atoms with Crippen LogP contribution >= 0.6 is 0 Å². The molecule has 0 spiro atoms. The average molecular weight is 288 g/mol. The fraction of sp³-hybridized carbons (Fsp3) is 0.714. The van der Waals surface area contributed by atoms with E-state index in [0.717, 1.165) is 0 Å². The molecular formula is C14H25NO5. The van der Waals surface area contributed by atoms with Gasteiger partial charge in [0.15, 0.2) is 0 Å². The highest BCUT2D eigenvalue weighted by Crippen LogP contribution is 2.22. The Morgan fingerprint density at radius 3 is 2.60 bits per heavy atom. The highest BCUT2D eigenvalue weighted by atomic mass is 16.4. The van der Waals surface area contributed by atoms with Gasteiger partial charge in [0.2, 0.25) is 0 Å². The predicted molar refractivity (Wildman–Crippen MR) is 75.0 cm³/mol. The van der Waals surface area contributed by atoms with Gasteiger partial charge in [-0.25, -0.2) is 0 Å². The van der Waals surface area contributed by atoms with Gasteiger partial charge in [-0.2, -0.15) is 0 Å². The van der Waals surface area contributed by atoms with Crippen molar-refractivity contribution in [2.75, 3.05) is 19.7 Å². The van der Waals surface area contributed by atoms with E-state index in [1.807, 2.05) is 6.92 Å². The zero-order chi connectivity index (χ0) is 16.0. The standard InChI is InChI=1S/C14H25NO5/c1-2-3-4-5-7-15-9-11(18)13(19)14(20)12(15)10(17)6-8-16/h2-5,10-14,16-20H,6-9H2,1H3/t10-,11+,12+,13+,14-/m1/s1/i7D/t7?,10-,11+,12+,13+,14-. The van der Waals surface area contributed by atoms with Gasteiger partial charge in [0, 0.05) is 21.0 Å². The van der Waals surface area contributed by atoms with Crippen LogP contribution in [0.4, 0.5) is 0 Å². The molecule has 6 nitrogen and oxygen atoms in total. The number of likely N-dealkylation sites (tertiary alicyclic amines) is 1. The van der Waals surface area contributed by atoms with Crippen molar-refractivity contribution in [2.45, 2.75) is 43.8 Å². The van der Waals surface area contributed by atoms with Gasteiger partial charge in [-0.15, -0.1) is 0 Å². The summed E-state index contributed by atoms with van der Waals surface area (Å²) in [4.78, 5) is 1.42. The third-order valence-corrected chi connectivity index (χ3v) is 3.39. The average Bonchev–Trinajstić information content (AvgIpc) is 2.44. The van der Waals surface area contributed by atoms with E-state index in [4.69, 9.17) is 6.48 Å². The normalized spacial score (nSPS) is 36.4. The molecule has 1 fully saturated rings.